The fourth-order valence-corrected chi connectivity index (χ4v) is 6.86. The number of amides is 1. The Morgan fingerprint density at radius 3 is 2.47 bits per heavy atom. The molecule has 4 unspecified atom stereocenters. The van der Waals surface area contributed by atoms with Crippen LogP contribution in [-0.2, 0) is 16.6 Å². The number of nitrogens with zero attached hydrogens (tertiary/aromatic N) is 2. The molecule has 5 rings (SSSR count). The number of anilines is 1. The number of hydrogen-bond acceptors (Lipinski definition) is 4. The summed E-state index contributed by atoms with van der Waals surface area (Å²) in [7, 11) is -3.61. The molecule has 8 heteroatoms. The molecule has 2 bridgehead atoms. The second-order valence-electron chi connectivity index (χ2n) is 9.63. The summed E-state index contributed by atoms with van der Waals surface area (Å²) in [6.07, 6.45) is 8.51. The Hall–Kier alpha value is -2.97. The summed E-state index contributed by atoms with van der Waals surface area (Å²) in [5.41, 5.74) is 2.12. The van der Waals surface area contributed by atoms with Crippen LogP contribution in [0.25, 0.3) is 0 Å². The van der Waals surface area contributed by atoms with E-state index in [-0.39, 0.29) is 16.8 Å². The Morgan fingerprint density at radius 2 is 1.85 bits per heavy atom. The minimum Gasteiger partial charge on any atom is -0.322 e. The van der Waals surface area contributed by atoms with Gasteiger partial charge in [-0.2, -0.15) is 5.10 Å². The van der Waals surface area contributed by atoms with E-state index in [0.717, 1.165) is 17.9 Å². The van der Waals surface area contributed by atoms with Crippen LogP contribution < -0.4 is 10.0 Å². The van der Waals surface area contributed by atoms with E-state index >= 15 is 0 Å². The molecule has 2 aliphatic rings. The van der Waals surface area contributed by atoms with Gasteiger partial charge in [0.1, 0.15) is 0 Å². The van der Waals surface area contributed by atoms with E-state index in [2.05, 4.69) is 15.1 Å². The van der Waals surface area contributed by atoms with Crippen molar-refractivity contribution in [3.05, 3.63) is 78.1 Å². The third kappa shape index (κ3) is 4.93. The number of sulfonamides is 1. The molecule has 34 heavy (non-hydrogen) atoms. The smallest absolute Gasteiger partial charge is 0.255 e. The van der Waals surface area contributed by atoms with Crippen LogP contribution in [0.2, 0.25) is 0 Å². The van der Waals surface area contributed by atoms with Gasteiger partial charge in [0.25, 0.3) is 5.91 Å². The minimum absolute atomic E-state index is 0.0732. The van der Waals surface area contributed by atoms with Crippen LogP contribution in [0.5, 0.6) is 0 Å². The van der Waals surface area contributed by atoms with Crippen molar-refractivity contribution >= 4 is 21.6 Å². The number of carbonyl (C=O) groups is 1. The van der Waals surface area contributed by atoms with E-state index in [0.29, 0.717) is 29.6 Å². The molecule has 1 heterocycles. The van der Waals surface area contributed by atoms with Crippen LogP contribution >= 0.6 is 0 Å². The van der Waals surface area contributed by atoms with Gasteiger partial charge < -0.3 is 5.32 Å². The first-order valence-electron chi connectivity index (χ1n) is 11.9. The third-order valence-electron chi connectivity index (χ3n) is 7.32. The molecule has 0 radical (unpaired) electrons. The van der Waals surface area contributed by atoms with Crippen molar-refractivity contribution in [2.24, 2.45) is 17.8 Å². The number of hydrogen-bond donors (Lipinski definition) is 2. The Bertz CT molecular complexity index is 1240. The van der Waals surface area contributed by atoms with E-state index < -0.39 is 10.0 Å². The summed E-state index contributed by atoms with van der Waals surface area (Å²) in [6.45, 7) is 2.62. The zero-order valence-electron chi connectivity index (χ0n) is 19.2. The summed E-state index contributed by atoms with van der Waals surface area (Å²) in [5, 5.41) is 7.02. The van der Waals surface area contributed by atoms with Gasteiger partial charge in [0.15, 0.2) is 0 Å². The predicted molar refractivity (Wildman–Crippen MR) is 131 cm³/mol. The molecular formula is C26H30N4O3S. The van der Waals surface area contributed by atoms with Gasteiger partial charge in [-0.3, -0.25) is 9.48 Å². The summed E-state index contributed by atoms with van der Waals surface area (Å²) in [6, 6.07) is 15.5. The molecule has 0 saturated heterocycles. The van der Waals surface area contributed by atoms with Crippen molar-refractivity contribution < 1.29 is 13.2 Å². The van der Waals surface area contributed by atoms with Crippen LogP contribution in [0.4, 0.5) is 5.69 Å². The van der Waals surface area contributed by atoms with Gasteiger partial charge in [0.2, 0.25) is 10.0 Å². The van der Waals surface area contributed by atoms with Crippen molar-refractivity contribution in [2.45, 2.75) is 50.1 Å². The number of carbonyl (C=O) groups excluding carboxylic acids is 1. The quantitative estimate of drug-likeness (QED) is 0.505. The molecule has 0 spiro atoms. The number of nitrogens with one attached hydrogen (secondary N) is 2. The molecule has 2 aliphatic carbocycles. The van der Waals surface area contributed by atoms with Crippen molar-refractivity contribution in [3.63, 3.8) is 0 Å². The van der Waals surface area contributed by atoms with Gasteiger partial charge in [0.05, 0.1) is 11.4 Å². The lowest BCUT2D eigenvalue weighted by Crippen LogP contribution is -2.40. The van der Waals surface area contributed by atoms with Crippen molar-refractivity contribution in [1.82, 2.24) is 14.5 Å². The fraction of sp³-hybridized carbons (Fsp3) is 0.385. The molecule has 2 aromatic carbocycles. The Labute approximate surface area is 200 Å². The summed E-state index contributed by atoms with van der Waals surface area (Å²) in [5.74, 6) is 1.61. The van der Waals surface area contributed by atoms with Crippen molar-refractivity contribution in [3.8, 4) is 0 Å². The highest BCUT2D eigenvalue weighted by Crippen LogP contribution is 2.49. The fourth-order valence-electron chi connectivity index (χ4n) is 5.57. The number of benzene rings is 2. The number of rotatable bonds is 8. The summed E-state index contributed by atoms with van der Waals surface area (Å²) < 4.78 is 30.5. The molecule has 1 amide bonds. The summed E-state index contributed by atoms with van der Waals surface area (Å²) >= 11 is 0. The average Bonchev–Trinajstić information content (AvgIpc) is 3.59. The highest BCUT2D eigenvalue weighted by molar-refractivity contribution is 7.89. The van der Waals surface area contributed by atoms with Crippen LogP contribution in [0.3, 0.4) is 0 Å². The second kappa shape index (κ2) is 9.35. The SMILES string of the molecule is CC(NS(=O)(=O)c1ccc(NC(=O)c2ccc(Cn3cccn3)cc2)cc1)C1CC2CCC1C2. The molecule has 4 atom stereocenters. The molecule has 2 saturated carbocycles. The summed E-state index contributed by atoms with van der Waals surface area (Å²) in [4.78, 5) is 12.8. The molecular weight excluding hydrogens is 448 g/mol. The van der Waals surface area contributed by atoms with Crippen LogP contribution in [0.15, 0.2) is 71.9 Å². The lowest BCUT2D eigenvalue weighted by atomic mass is 9.84. The highest BCUT2D eigenvalue weighted by atomic mass is 32.2. The first kappa shape index (κ1) is 22.8. The second-order valence-corrected chi connectivity index (χ2v) is 11.3. The van der Waals surface area contributed by atoms with Crippen molar-refractivity contribution in [1.29, 1.82) is 0 Å². The third-order valence-corrected chi connectivity index (χ3v) is 8.89. The van der Waals surface area contributed by atoms with E-state index in [4.69, 9.17) is 0 Å². The molecule has 7 nitrogen and oxygen atoms in total. The first-order chi connectivity index (χ1) is 16.4. The molecule has 2 fully saturated rings. The molecule has 2 N–H and O–H groups in total. The maximum atomic E-state index is 12.9. The van der Waals surface area contributed by atoms with Crippen molar-refractivity contribution in [2.75, 3.05) is 5.32 Å². The lowest BCUT2D eigenvalue weighted by Gasteiger charge is -2.28. The minimum atomic E-state index is -3.61. The molecule has 3 aromatic rings. The van der Waals surface area contributed by atoms with E-state index in [1.54, 1.807) is 42.6 Å². The first-order valence-corrected chi connectivity index (χ1v) is 13.4. The Morgan fingerprint density at radius 1 is 1.09 bits per heavy atom. The van der Waals surface area contributed by atoms with E-state index in [1.165, 1.54) is 19.3 Å². The van der Waals surface area contributed by atoms with Gasteiger partial charge in [-0.25, -0.2) is 13.1 Å². The highest BCUT2D eigenvalue weighted by Gasteiger charge is 2.42. The largest absolute Gasteiger partial charge is 0.322 e. The zero-order chi connectivity index (χ0) is 23.7. The Kier molecular flexibility index (Phi) is 6.27. The standard InChI is InChI=1S/C26H30N4O3S/c1-18(25-16-20-5-8-22(25)15-20)29-34(32,33)24-11-9-23(10-12-24)28-26(31)21-6-3-19(4-7-21)17-30-14-2-13-27-30/h2-4,6-7,9-14,18,20,22,25,29H,5,8,15-17H2,1H3,(H,28,31). The van der Waals surface area contributed by atoms with E-state index in [9.17, 15) is 13.2 Å². The monoisotopic (exact) mass is 478 g/mol. The van der Waals surface area contributed by atoms with E-state index in [1.807, 2.05) is 36.0 Å². The average molecular weight is 479 g/mol. The van der Waals surface area contributed by atoms with Gasteiger partial charge in [0, 0.05) is 29.7 Å². The Balaban J connectivity index is 1.18. The topological polar surface area (TPSA) is 93.1 Å². The van der Waals surface area contributed by atoms with Gasteiger partial charge in [-0.1, -0.05) is 18.6 Å². The maximum absolute atomic E-state index is 12.9. The van der Waals surface area contributed by atoms with Gasteiger partial charge >= 0.3 is 0 Å². The van der Waals surface area contributed by atoms with Gasteiger partial charge in [-0.15, -0.1) is 0 Å². The predicted octanol–water partition coefficient (Wildman–Crippen LogP) is 4.29. The number of fused-ring (bicyclic) bond motifs is 2. The molecule has 1 aromatic heterocycles. The lowest BCUT2D eigenvalue weighted by molar-refractivity contribution is 0.102. The zero-order valence-corrected chi connectivity index (χ0v) is 20.0. The molecule has 0 aliphatic heterocycles. The number of aromatic nitrogens is 2. The molecule has 178 valence electrons. The normalized spacial score (nSPS) is 22.6. The van der Waals surface area contributed by atoms with Crippen LogP contribution in [0, 0.1) is 17.8 Å². The maximum Gasteiger partial charge on any atom is 0.255 e. The van der Waals surface area contributed by atoms with Gasteiger partial charge in [-0.05, 0) is 92.0 Å². The van der Waals surface area contributed by atoms with Crippen LogP contribution in [0.1, 0.15) is 48.5 Å². The van der Waals surface area contributed by atoms with Crippen LogP contribution in [-0.4, -0.2) is 30.1 Å².